The second kappa shape index (κ2) is 8.02. The zero-order valence-corrected chi connectivity index (χ0v) is 15.2. The molecule has 134 valence electrons. The van der Waals surface area contributed by atoms with E-state index in [0.29, 0.717) is 23.4 Å². The number of sulfonamides is 1. The maximum Gasteiger partial charge on any atom is 0.338 e. The quantitative estimate of drug-likeness (QED) is 0.764. The van der Waals surface area contributed by atoms with Gasteiger partial charge in [-0.1, -0.05) is 6.92 Å². The molecular formula is C18H21NO5S. The molecule has 0 amide bonds. The number of carbonyl (C=O) groups is 1. The van der Waals surface area contributed by atoms with Crippen molar-refractivity contribution in [2.24, 2.45) is 0 Å². The van der Waals surface area contributed by atoms with Crippen molar-refractivity contribution < 1.29 is 22.7 Å². The van der Waals surface area contributed by atoms with E-state index in [2.05, 4.69) is 4.72 Å². The molecule has 0 aromatic heterocycles. The maximum absolute atomic E-state index is 12.5. The smallest absolute Gasteiger partial charge is 0.338 e. The minimum Gasteiger partial charge on any atom is -0.496 e. The van der Waals surface area contributed by atoms with E-state index in [1.165, 1.54) is 30.3 Å². The highest BCUT2D eigenvalue weighted by Crippen LogP contribution is 2.24. The lowest BCUT2D eigenvalue weighted by Crippen LogP contribution is -2.13. The monoisotopic (exact) mass is 363 g/mol. The molecule has 0 aliphatic carbocycles. The van der Waals surface area contributed by atoms with Crippen molar-refractivity contribution in [2.45, 2.75) is 25.2 Å². The fourth-order valence-corrected chi connectivity index (χ4v) is 3.41. The van der Waals surface area contributed by atoms with Gasteiger partial charge in [0.25, 0.3) is 10.0 Å². The summed E-state index contributed by atoms with van der Waals surface area (Å²) in [5.74, 6) is 0.208. The number of aryl methyl sites for hydroxylation is 1. The van der Waals surface area contributed by atoms with Crippen molar-refractivity contribution in [1.82, 2.24) is 0 Å². The van der Waals surface area contributed by atoms with E-state index in [4.69, 9.17) is 9.47 Å². The van der Waals surface area contributed by atoms with Crippen molar-refractivity contribution in [2.75, 3.05) is 18.4 Å². The first-order valence-electron chi connectivity index (χ1n) is 7.88. The summed E-state index contributed by atoms with van der Waals surface area (Å²) in [7, 11) is -2.19. The summed E-state index contributed by atoms with van der Waals surface area (Å²) in [4.78, 5) is 11.8. The third-order valence-corrected chi connectivity index (χ3v) is 4.97. The van der Waals surface area contributed by atoms with Crippen LogP contribution in [0.5, 0.6) is 5.75 Å². The topological polar surface area (TPSA) is 81.7 Å². The molecule has 0 bridgehead atoms. The molecular weight excluding hydrogens is 342 g/mol. The van der Waals surface area contributed by atoms with E-state index < -0.39 is 16.0 Å². The van der Waals surface area contributed by atoms with Gasteiger partial charge in [0, 0.05) is 5.69 Å². The Hall–Kier alpha value is -2.54. The molecule has 2 rings (SSSR count). The molecule has 0 fully saturated rings. The number of hydrogen-bond acceptors (Lipinski definition) is 5. The number of anilines is 1. The Labute approximate surface area is 147 Å². The van der Waals surface area contributed by atoms with Gasteiger partial charge in [-0.25, -0.2) is 13.2 Å². The molecule has 25 heavy (non-hydrogen) atoms. The van der Waals surface area contributed by atoms with Crippen LogP contribution in [0.25, 0.3) is 0 Å². The lowest BCUT2D eigenvalue weighted by Gasteiger charge is -2.12. The van der Waals surface area contributed by atoms with Crippen LogP contribution in [0.3, 0.4) is 0 Å². The van der Waals surface area contributed by atoms with Crippen LogP contribution in [0.1, 0.15) is 29.8 Å². The zero-order chi connectivity index (χ0) is 18.4. The number of nitrogens with one attached hydrogen (secondary N) is 1. The molecule has 0 spiro atoms. The van der Waals surface area contributed by atoms with Crippen molar-refractivity contribution >= 4 is 21.7 Å². The van der Waals surface area contributed by atoms with E-state index in [0.717, 1.165) is 5.56 Å². The summed E-state index contributed by atoms with van der Waals surface area (Å²) >= 11 is 0. The summed E-state index contributed by atoms with van der Waals surface area (Å²) in [6.45, 7) is 3.93. The van der Waals surface area contributed by atoms with Crippen LogP contribution in [0.15, 0.2) is 47.4 Å². The summed E-state index contributed by atoms with van der Waals surface area (Å²) in [6.07, 6.45) is 0.654. The van der Waals surface area contributed by atoms with Gasteiger partial charge in [-0.2, -0.15) is 0 Å². The number of rotatable bonds is 7. The third-order valence-electron chi connectivity index (χ3n) is 3.59. The van der Waals surface area contributed by atoms with Gasteiger partial charge < -0.3 is 9.47 Å². The number of methoxy groups -OCH3 is 1. The van der Waals surface area contributed by atoms with Crippen molar-refractivity contribution in [1.29, 1.82) is 0 Å². The predicted octanol–water partition coefficient (Wildman–Crippen LogP) is 3.24. The second-order valence-corrected chi connectivity index (χ2v) is 6.91. The summed E-state index contributed by atoms with van der Waals surface area (Å²) in [5.41, 5.74) is 1.53. The Morgan fingerprint density at radius 2 is 1.76 bits per heavy atom. The average Bonchev–Trinajstić information content (AvgIpc) is 2.61. The van der Waals surface area contributed by atoms with E-state index in [-0.39, 0.29) is 11.5 Å². The molecule has 2 aromatic rings. The first-order valence-corrected chi connectivity index (χ1v) is 9.36. The van der Waals surface area contributed by atoms with Crippen LogP contribution < -0.4 is 9.46 Å². The molecule has 0 heterocycles. The Bertz CT molecular complexity index is 844. The lowest BCUT2D eigenvalue weighted by atomic mass is 10.1. The van der Waals surface area contributed by atoms with Crippen LogP contribution in [0.4, 0.5) is 5.69 Å². The normalized spacial score (nSPS) is 11.0. The largest absolute Gasteiger partial charge is 0.496 e. The van der Waals surface area contributed by atoms with Crippen LogP contribution in [-0.2, 0) is 21.2 Å². The van der Waals surface area contributed by atoms with Gasteiger partial charge in [-0.05, 0) is 61.4 Å². The number of hydrogen-bond donors (Lipinski definition) is 1. The highest BCUT2D eigenvalue weighted by atomic mass is 32.2. The van der Waals surface area contributed by atoms with Crippen molar-refractivity contribution in [3.8, 4) is 5.75 Å². The van der Waals surface area contributed by atoms with Gasteiger partial charge in [0.1, 0.15) is 5.75 Å². The molecule has 0 atom stereocenters. The van der Waals surface area contributed by atoms with Crippen LogP contribution >= 0.6 is 0 Å². The number of ether oxygens (including phenoxy) is 2. The van der Waals surface area contributed by atoms with Gasteiger partial charge in [-0.15, -0.1) is 0 Å². The lowest BCUT2D eigenvalue weighted by molar-refractivity contribution is 0.0526. The third kappa shape index (κ3) is 4.51. The number of carbonyl (C=O) groups excluding carboxylic acids is 1. The van der Waals surface area contributed by atoms with Crippen molar-refractivity contribution in [3.05, 3.63) is 53.6 Å². The summed E-state index contributed by atoms with van der Waals surface area (Å²) < 4.78 is 37.7. The SMILES string of the molecule is CCOC(=O)c1ccc(NS(=O)(=O)c2ccc(OC)c(CC)c2)cc1. The van der Waals surface area contributed by atoms with Gasteiger partial charge in [0.05, 0.1) is 24.2 Å². The molecule has 7 heteroatoms. The Morgan fingerprint density at radius 1 is 1.08 bits per heavy atom. The van der Waals surface area contributed by atoms with Crippen LogP contribution in [-0.4, -0.2) is 28.1 Å². The molecule has 0 radical (unpaired) electrons. The van der Waals surface area contributed by atoms with E-state index in [1.54, 1.807) is 26.2 Å². The van der Waals surface area contributed by atoms with Gasteiger partial charge in [0.15, 0.2) is 0 Å². The molecule has 1 N–H and O–H groups in total. The molecule has 0 saturated heterocycles. The van der Waals surface area contributed by atoms with Crippen LogP contribution in [0, 0.1) is 0 Å². The molecule has 0 saturated carbocycles. The van der Waals surface area contributed by atoms with E-state index >= 15 is 0 Å². The highest BCUT2D eigenvalue weighted by molar-refractivity contribution is 7.92. The highest BCUT2D eigenvalue weighted by Gasteiger charge is 2.16. The Morgan fingerprint density at radius 3 is 2.32 bits per heavy atom. The Balaban J connectivity index is 2.22. The predicted molar refractivity (Wildman–Crippen MR) is 95.6 cm³/mol. The molecule has 0 unspecified atom stereocenters. The molecule has 2 aromatic carbocycles. The van der Waals surface area contributed by atoms with Gasteiger partial charge in [0.2, 0.25) is 0 Å². The van der Waals surface area contributed by atoms with Gasteiger partial charge in [-0.3, -0.25) is 4.72 Å². The average molecular weight is 363 g/mol. The fourth-order valence-electron chi connectivity index (χ4n) is 2.30. The second-order valence-electron chi connectivity index (χ2n) is 5.23. The molecule has 6 nitrogen and oxygen atoms in total. The fraction of sp³-hybridized carbons (Fsp3) is 0.278. The maximum atomic E-state index is 12.5. The number of benzene rings is 2. The first-order chi connectivity index (χ1) is 11.9. The summed E-state index contributed by atoms with van der Waals surface area (Å²) in [5, 5.41) is 0. The number of esters is 1. The zero-order valence-electron chi connectivity index (χ0n) is 14.4. The molecule has 0 aliphatic heterocycles. The van der Waals surface area contributed by atoms with E-state index in [9.17, 15) is 13.2 Å². The minimum absolute atomic E-state index is 0.152. The standard InChI is InChI=1S/C18H21NO5S/c1-4-13-12-16(10-11-17(13)23-3)25(21,22)19-15-8-6-14(7-9-15)18(20)24-5-2/h6-12,19H,4-5H2,1-3H3. The minimum atomic E-state index is -3.74. The van der Waals surface area contributed by atoms with E-state index in [1.807, 2.05) is 6.92 Å². The van der Waals surface area contributed by atoms with Crippen molar-refractivity contribution in [3.63, 3.8) is 0 Å². The Kier molecular flexibility index (Phi) is 6.03. The summed E-state index contributed by atoms with van der Waals surface area (Å²) in [6, 6.07) is 10.8. The first kappa shape index (κ1) is 18.8. The van der Waals surface area contributed by atoms with Crippen LogP contribution in [0.2, 0.25) is 0 Å². The molecule has 0 aliphatic rings. The van der Waals surface area contributed by atoms with Gasteiger partial charge >= 0.3 is 5.97 Å².